The minimum Gasteiger partial charge on any atom is -0.490 e. The van der Waals surface area contributed by atoms with E-state index >= 15 is 0 Å². The monoisotopic (exact) mass is 629 g/mol. The molecule has 1 amide bonds. The van der Waals surface area contributed by atoms with Gasteiger partial charge in [0.15, 0.2) is 17.2 Å². The highest BCUT2D eigenvalue weighted by Crippen LogP contribution is 2.37. The van der Waals surface area contributed by atoms with E-state index in [-0.39, 0.29) is 29.8 Å². The summed E-state index contributed by atoms with van der Waals surface area (Å²) in [5.74, 6) is 0.0384. The van der Waals surface area contributed by atoms with E-state index < -0.39 is 5.91 Å². The summed E-state index contributed by atoms with van der Waals surface area (Å²) in [6.45, 7) is 8.02. The molecular weight excluding hydrogens is 601 g/mol. The van der Waals surface area contributed by atoms with Gasteiger partial charge in [-0.05, 0) is 70.0 Å². The van der Waals surface area contributed by atoms with Crippen LogP contribution in [0.5, 0.6) is 11.5 Å². The van der Waals surface area contributed by atoms with Crippen molar-refractivity contribution in [2.45, 2.75) is 33.9 Å². The first-order valence-corrected chi connectivity index (χ1v) is 13.6. The summed E-state index contributed by atoms with van der Waals surface area (Å²) in [6.07, 6.45) is 1.44. The number of anilines is 1. The predicted molar refractivity (Wildman–Crippen MR) is 151 cm³/mol. The van der Waals surface area contributed by atoms with Gasteiger partial charge in [0, 0.05) is 12.1 Å². The normalized spacial score (nSPS) is 11.4. The Kier molecular flexibility index (Phi) is 9.97. The Morgan fingerprint density at radius 1 is 1.22 bits per heavy atom. The summed E-state index contributed by atoms with van der Waals surface area (Å²) in [5, 5.41) is 19.5. The molecule has 15 heteroatoms. The van der Waals surface area contributed by atoms with Crippen LogP contribution in [0.25, 0.3) is 5.82 Å². The van der Waals surface area contributed by atoms with Crippen LogP contribution in [0.15, 0.2) is 50.6 Å². The minimum absolute atomic E-state index is 0.0117. The molecule has 2 aromatic heterocycles. The van der Waals surface area contributed by atoms with Crippen LogP contribution in [-0.2, 0) is 13.2 Å². The van der Waals surface area contributed by atoms with Gasteiger partial charge in [-0.1, -0.05) is 37.3 Å². The molecule has 2 heterocycles. The number of hydrogen-bond acceptors (Lipinski definition) is 11. The lowest BCUT2D eigenvalue weighted by Gasteiger charge is -2.18. The first kappa shape index (κ1) is 29.6. The number of nitrogens with two attached hydrogens (primary N) is 1. The fraction of sp³-hybridized carbons (Fsp3) is 0.308. The Balaban J connectivity index is 1.53. The van der Waals surface area contributed by atoms with Crippen LogP contribution in [-0.4, -0.2) is 62.0 Å². The van der Waals surface area contributed by atoms with Gasteiger partial charge in [-0.2, -0.15) is 9.78 Å². The number of hydrogen-bond donors (Lipinski definition) is 2. The summed E-state index contributed by atoms with van der Waals surface area (Å²) in [7, 11) is 0. The van der Waals surface area contributed by atoms with E-state index in [9.17, 15) is 9.18 Å². The van der Waals surface area contributed by atoms with Gasteiger partial charge in [0.25, 0.3) is 5.91 Å². The molecule has 4 rings (SSSR count). The maximum Gasteiger partial charge on any atom is 0.293 e. The average molecular weight is 630 g/mol. The van der Waals surface area contributed by atoms with Gasteiger partial charge in [-0.3, -0.25) is 9.69 Å². The third kappa shape index (κ3) is 7.05. The van der Waals surface area contributed by atoms with E-state index in [0.717, 1.165) is 13.1 Å². The molecule has 3 N–H and O–H groups in total. The Morgan fingerprint density at radius 3 is 2.68 bits per heavy atom. The van der Waals surface area contributed by atoms with E-state index in [4.69, 9.17) is 19.8 Å². The molecule has 0 bridgehead atoms. The molecule has 4 aromatic rings. The van der Waals surface area contributed by atoms with Gasteiger partial charge in [0.2, 0.25) is 11.6 Å². The van der Waals surface area contributed by atoms with Gasteiger partial charge in [-0.15, -0.1) is 5.10 Å². The zero-order chi connectivity index (χ0) is 29.4. The molecule has 0 fully saturated rings. The molecule has 0 atom stereocenters. The molecule has 0 saturated heterocycles. The first-order valence-electron chi connectivity index (χ1n) is 12.8. The number of hydrazone groups is 1. The van der Waals surface area contributed by atoms with E-state index in [2.05, 4.69) is 52.0 Å². The van der Waals surface area contributed by atoms with E-state index in [1.807, 2.05) is 20.8 Å². The van der Waals surface area contributed by atoms with Crippen molar-refractivity contribution in [2.75, 3.05) is 25.4 Å². The SMILES string of the molecule is CCOc1cc(/C=N/NC(=O)c2nnn(-c3nonc3N)c2CN(CC)CC)cc(Br)c1OCc1ccccc1F. The second-order valence-corrected chi connectivity index (χ2v) is 9.43. The fourth-order valence-electron chi connectivity index (χ4n) is 3.84. The van der Waals surface area contributed by atoms with Crippen molar-refractivity contribution in [1.29, 1.82) is 0 Å². The van der Waals surface area contributed by atoms with Crippen LogP contribution in [0.1, 0.15) is 48.1 Å². The maximum absolute atomic E-state index is 14.0. The second-order valence-electron chi connectivity index (χ2n) is 8.57. The molecule has 13 nitrogen and oxygen atoms in total. The molecule has 0 radical (unpaired) electrons. The predicted octanol–water partition coefficient (Wildman–Crippen LogP) is 3.72. The van der Waals surface area contributed by atoms with Crippen molar-refractivity contribution in [3.05, 3.63) is 69.2 Å². The Hall–Kier alpha value is -4.37. The van der Waals surface area contributed by atoms with Crippen LogP contribution in [0.2, 0.25) is 0 Å². The zero-order valence-electron chi connectivity index (χ0n) is 22.7. The van der Waals surface area contributed by atoms with Crippen molar-refractivity contribution >= 4 is 33.9 Å². The highest BCUT2D eigenvalue weighted by atomic mass is 79.9. The Bertz CT molecular complexity index is 1520. The van der Waals surface area contributed by atoms with Crippen molar-refractivity contribution in [3.63, 3.8) is 0 Å². The lowest BCUT2D eigenvalue weighted by molar-refractivity contribution is 0.0948. The van der Waals surface area contributed by atoms with Crippen LogP contribution < -0.4 is 20.6 Å². The summed E-state index contributed by atoms with van der Waals surface area (Å²) in [4.78, 5) is 15.2. The Morgan fingerprint density at radius 2 is 2.00 bits per heavy atom. The van der Waals surface area contributed by atoms with Crippen LogP contribution in [0, 0.1) is 5.82 Å². The largest absolute Gasteiger partial charge is 0.490 e. The van der Waals surface area contributed by atoms with Crippen molar-refractivity contribution in [1.82, 2.24) is 35.6 Å². The lowest BCUT2D eigenvalue weighted by atomic mass is 10.2. The number of aromatic nitrogens is 5. The number of nitrogen functional groups attached to an aromatic ring is 1. The molecule has 0 spiro atoms. The summed E-state index contributed by atoms with van der Waals surface area (Å²) < 4.78 is 32.2. The van der Waals surface area contributed by atoms with E-state index in [1.165, 1.54) is 17.0 Å². The van der Waals surface area contributed by atoms with Crippen molar-refractivity contribution in [3.8, 4) is 17.3 Å². The number of nitrogens with one attached hydrogen (secondary N) is 1. The number of carbonyl (C=O) groups excluding carboxylic acids is 1. The number of nitrogens with zero attached hydrogens (tertiary/aromatic N) is 7. The topological polar surface area (TPSA) is 159 Å². The fourth-order valence-corrected chi connectivity index (χ4v) is 4.41. The molecule has 2 aromatic carbocycles. The highest BCUT2D eigenvalue weighted by Gasteiger charge is 2.25. The number of rotatable bonds is 13. The summed E-state index contributed by atoms with van der Waals surface area (Å²) in [6, 6.07) is 9.81. The maximum atomic E-state index is 14.0. The standard InChI is InChI=1S/C26H29BrFN9O4/c1-4-36(5-2)14-20-22(31-35-37(20)25-24(29)33-41-34-25)26(38)32-30-13-16-11-18(27)23(21(12-16)39-6-3)40-15-17-9-7-8-10-19(17)28/h7-13H,4-6,14-15H2,1-3H3,(H2,29,33)(H,32,38)/b30-13+. The molecule has 0 aliphatic rings. The zero-order valence-corrected chi connectivity index (χ0v) is 24.3. The third-order valence-corrected chi connectivity index (χ3v) is 6.57. The van der Waals surface area contributed by atoms with Crippen LogP contribution in [0.4, 0.5) is 10.2 Å². The minimum atomic E-state index is -0.585. The third-order valence-electron chi connectivity index (χ3n) is 5.98. The van der Waals surface area contributed by atoms with Crippen LogP contribution >= 0.6 is 15.9 Å². The molecule has 0 saturated carbocycles. The van der Waals surface area contributed by atoms with Gasteiger partial charge < -0.3 is 15.2 Å². The average Bonchev–Trinajstić information content (AvgIpc) is 3.57. The van der Waals surface area contributed by atoms with E-state index in [0.29, 0.717) is 45.9 Å². The molecule has 216 valence electrons. The van der Waals surface area contributed by atoms with Crippen molar-refractivity contribution < 1.29 is 23.3 Å². The molecular formula is C26H29BrFN9O4. The molecule has 0 unspecified atom stereocenters. The molecule has 0 aliphatic heterocycles. The van der Waals surface area contributed by atoms with Crippen molar-refractivity contribution in [2.24, 2.45) is 5.10 Å². The number of ether oxygens (including phenoxy) is 2. The number of carbonyl (C=O) groups is 1. The second kappa shape index (κ2) is 13.8. The highest BCUT2D eigenvalue weighted by molar-refractivity contribution is 9.10. The van der Waals surface area contributed by atoms with Gasteiger partial charge in [0.1, 0.15) is 12.4 Å². The van der Waals surface area contributed by atoms with Gasteiger partial charge in [0.05, 0.1) is 23.0 Å². The summed E-state index contributed by atoms with van der Waals surface area (Å²) >= 11 is 3.49. The smallest absolute Gasteiger partial charge is 0.293 e. The first-order chi connectivity index (χ1) is 19.9. The van der Waals surface area contributed by atoms with Crippen LogP contribution in [0.3, 0.4) is 0 Å². The number of amides is 1. The lowest BCUT2D eigenvalue weighted by Crippen LogP contribution is -2.27. The number of benzene rings is 2. The quantitative estimate of drug-likeness (QED) is 0.165. The number of halogens is 2. The Labute approximate surface area is 243 Å². The van der Waals surface area contributed by atoms with Gasteiger partial charge >= 0.3 is 0 Å². The summed E-state index contributed by atoms with van der Waals surface area (Å²) in [5.41, 5.74) is 9.84. The van der Waals surface area contributed by atoms with E-state index in [1.54, 1.807) is 30.3 Å². The molecule has 41 heavy (non-hydrogen) atoms. The molecule has 0 aliphatic carbocycles. The van der Waals surface area contributed by atoms with Gasteiger partial charge in [-0.25, -0.2) is 14.4 Å².